The van der Waals surface area contributed by atoms with Gasteiger partial charge in [0.2, 0.25) is 0 Å². The number of esters is 1. The van der Waals surface area contributed by atoms with E-state index >= 15 is 0 Å². The van der Waals surface area contributed by atoms with Crippen LogP contribution in [0.25, 0.3) is 0 Å². The molecule has 0 spiro atoms. The number of hydrogen-bond donors (Lipinski definition) is 1. The summed E-state index contributed by atoms with van der Waals surface area (Å²) >= 11 is 1.69. The molecule has 0 aliphatic carbocycles. The van der Waals surface area contributed by atoms with E-state index in [-0.39, 0.29) is 5.97 Å². The maximum absolute atomic E-state index is 11.3. The molecule has 1 atom stereocenters. The molecule has 1 unspecified atom stereocenters. The Kier molecular flexibility index (Phi) is 4.29. The molecule has 0 aromatic carbocycles. The summed E-state index contributed by atoms with van der Waals surface area (Å²) in [5.41, 5.74) is 6.98. The van der Waals surface area contributed by atoms with Gasteiger partial charge in [-0.25, -0.2) is 0 Å². The molecule has 1 heterocycles. The molecule has 0 aliphatic heterocycles. The highest BCUT2D eigenvalue weighted by Gasteiger charge is 2.16. The van der Waals surface area contributed by atoms with Crippen LogP contribution in [0.4, 0.5) is 0 Å². The van der Waals surface area contributed by atoms with E-state index < -0.39 is 6.04 Å². The van der Waals surface area contributed by atoms with Crippen LogP contribution in [-0.2, 0) is 16.0 Å². The van der Waals surface area contributed by atoms with E-state index in [1.54, 1.807) is 18.3 Å². The molecule has 15 heavy (non-hydrogen) atoms. The molecule has 0 amide bonds. The fourth-order valence-corrected chi connectivity index (χ4v) is 2.41. The Balaban J connectivity index is 2.58. The third-order valence-electron chi connectivity index (χ3n) is 2.23. The molecule has 84 valence electrons. The van der Waals surface area contributed by atoms with Gasteiger partial charge in [-0.2, -0.15) is 0 Å². The average Bonchev–Trinajstić information content (AvgIpc) is 2.46. The lowest BCUT2D eigenvalue weighted by Gasteiger charge is -2.08. The first kappa shape index (κ1) is 12.2. The number of nitrogens with two attached hydrogens (primary N) is 1. The molecule has 1 aromatic heterocycles. The molecule has 3 nitrogen and oxygen atoms in total. The lowest BCUT2D eigenvalue weighted by Crippen LogP contribution is -2.34. The number of carbonyl (C=O) groups is 1. The summed E-state index contributed by atoms with van der Waals surface area (Å²) in [4.78, 5) is 13.7. The number of aryl methyl sites for hydroxylation is 2. The zero-order valence-corrected chi connectivity index (χ0v) is 10.2. The molecule has 2 N–H and O–H groups in total. The summed E-state index contributed by atoms with van der Waals surface area (Å²) in [5, 5.41) is 0. The van der Waals surface area contributed by atoms with Gasteiger partial charge in [-0.1, -0.05) is 0 Å². The van der Waals surface area contributed by atoms with Gasteiger partial charge in [0, 0.05) is 16.2 Å². The van der Waals surface area contributed by atoms with Crippen molar-refractivity contribution < 1.29 is 9.53 Å². The Labute approximate surface area is 94.2 Å². The molecular formula is C11H17NO2S. The van der Waals surface area contributed by atoms with Crippen molar-refractivity contribution in [2.75, 3.05) is 6.61 Å². The van der Waals surface area contributed by atoms with Crippen molar-refractivity contribution in [1.29, 1.82) is 0 Å². The number of ether oxygens (including phenoxy) is 1. The molecule has 0 aliphatic rings. The summed E-state index contributed by atoms with van der Waals surface area (Å²) in [6.07, 6.45) is 0.568. The quantitative estimate of drug-likeness (QED) is 0.798. The van der Waals surface area contributed by atoms with E-state index in [9.17, 15) is 4.79 Å². The lowest BCUT2D eigenvalue weighted by molar-refractivity contribution is -0.144. The Morgan fingerprint density at radius 3 is 2.73 bits per heavy atom. The van der Waals surface area contributed by atoms with Crippen LogP contribution in [0.2, 0.25) is 0 Å². The molecule has 0 radical (unpaired) electrons. The largest absolute Gasteiger partial charge is 0.465 e. The Hall–Kier alpha value is -0.870. The van der Waals surface area contributed by atoms with Gasteiger partial charge < -0.3 is 10.5 Å². The van der Waals surface area contributed by atoms with Gasteiger partial charge in [0.25, 0.3) is 0 Å². The first-order chi connectivity index (χ1) is 7.04. The van der Waals surface area contributed by atoms with Gasteiger partial charge >= 0.3 is 5.97 Å². The van der Waals surface area contributed by atoms with Crippen LogP contribution in [-0.4, -0.2) is 18.6 Å². The normalized spacial score (nSPS) is 12.5. The molecule has 0 saturated heterocycles. The van der Waals surface area contributed by atoms with Crippen molar-refractivity contribution >= 4 is 17.3 Å². The monoisotopic (exact) mass is 227 g/mol. The zero-order chi connectivity index (χ0) is 11.4. The standard InChI is InChI=1S/C11H17NO2S/c1-4-14-11(13)10(12)6-9-5-7(2)8(3)15-9/h5,10H,4,6,12H2,1-3H3. The fraction of sp³-hybridized carbons (Fsp3) is 0.545. The highest BCUT2D eigenvalue weighted by atomic mass is 32.1. The first-order valence-electron chi connectivity index (χ1n) is 5.02. The van der Waals surface area contributed by atoms with Crippen LogP contribution in [0.5, 0.6) is 0 Å². The summed E-state index contributed by atoms with van der Waals surface area (Å²) in [7, 11) is 0. The van der Waals surface area contributed by atoms with E-state index in [1.807, 2.05) is 0 Å². The van der Waals surface area contributed by atoms with Crippen LogP contribution in [0.1, 0.15) is 22.2 Å². The van der Waals surface area contributed by atoms with E-state index in [2.05, 4.69) is 19.9 Å². The zero-order valence-electron chi connectivity index (χ0n) is 9.37. The summed E-state index contributed by atoms with van der Waals surface area (Å²) in [6.45, 7) is 6.30. The maximum Gasteiger partial charge on any atom is 0.323 e. The summed E-state index contributed by atoms with van der Waals surface area (Å²) in [6, 6.07) is 1.54. The second-order valence-electron chi connectivity index (χ2n) is 3.51. The van der Waals surface area contributed by atoms with Crippen LogP contribution in [0, 0.1) is 13.8 Å². The predicted octanol–water partition coefficient (Wildman–Crippen LogP) is 1.80. The van der Waals surface area contributed by atoms with E-state index in [1.165, 1.54) is 10.4 Å². The maximum atomic E-state index is 11.3. The van der Waals surface area contributed by atoms with Crippen molar-refractivity contribution in [1.82, 2.24) is 0 Å². The highest BCUT2D eigenvalue weighted by Crippen LogP contribution is 2.21. The van der Waals surface area contributed by atoms with Crippen LogP contribution < -0.4 is 5.73 Å². The topological polar surface area (TPSA) is 52.3 Å². The molecule has 0 saturated carbocycles. The van der Waals surface area contributed by atoms with Gasteiger partial charge in [-0.15, -0.1) is 11.3 Å². The van der Waals surface area contributed by atoms with Crippen LogP contribution >= 0.6 is 11.3 Å². The van der Waals surface area contributed by atoms with Crippen LogP contribution in [0.3, 0.4) is 0 Å². The van der Waals surface area contributed by atoms with Gasteiger partial charge in [0.15, 0.2) is 0 Å². The second-order valence-corrected chi connectivity index (χ2v) is 4.86. The van der Waals surface area contributed by atoms with Crippen molar-refractivity contribution in [3.05, 3.63) is 21.4 Å². The Morgan fingerprint density at radius 2 is 2.27 bits per heavy atom. The van der Waals surface area contributed by atoms with Crippen molar-refractivity contribution in [2.24, 2.45) is 5.73 Å². The molecule has 1 rings (SSSR count). The second kappa shape index (κ2) is 5.28. The van der Waals surface area contributed by atoms with Gasteiger partial charge in [0.05, 0.1) is 6.61 Å². The number of carbonyl (C=O) groups excluding carboxylic acids is 1. The first-order valence-corrected chi connectivity index (χ1v) is 5.84. The molecule has 4 heteroatoms. The molecule has 1 aromatic rings. The molecule has 0 fully saturated rings. The number of thiophene rings is 1. The molecule has 0 bridgehead atoms. The van der Waals surface area contributed by atoms with Gasteiger partial charge in [-0.3, -0.25) is 4.79 Å². The third-order valence-corrected chi connectivity index (χ3v) is 3.40. The minimum atomic E-state index is -0.539. The summed E-state index contributed by atoms with van der Waals surface area (Å²) in [5.74, 6) is -0.318. The third kappa shape index (κ3) is 3.32. The Morgan fingerprint density at radius 1 is 1.60 bits per heavy atom. The van der Waals surface area contributed by atoms with E-state index in [0.717, 1.165) is 4.88 Å². The smallest absolute Gasteiger partial charge is 0.323 e. The number of hydrogen-bond acceptors (Lipinski definition) is 4. The number of rotatable bonds is 4. The Bertz CT molecular complexity index is 327. The van der Waals surface area contributed by atoms with Crippen LogP contribution in [0.15, 0.2) is 6.07 Å². The van der Waals surface area contributed by atoms with Crippen molar-refractivity contribution in [3.63, 3.8) is 0 Å². The average molecular weight is 227 g/mol. The van der Waals surface area contributed by atoms with Crippen molar-refractivity contribution in [3.8, 4) is 0 Å². The lowest BCUT2D eigenvalue weighted by atomic mass is 10.2. The van der Waals surface area contributed by atoms with Gasteiger partial charge in [-0.05, 0) is 32.4 Å². The van der Waals surface area contributed by atoms with Crippen molar-refractivity contribution in [2.45, 2.75) is 33.2 Å². The van der Waals surface area contributed by atoms with E-state index in [0.29, 0.717) is 13.0 Å². The molecular weight excluding hydrogens is 210 g/mol. The SMILES string of the molecule is CCOC(=O)C(N)Cc1cc(C)c(C)s1. The minimum absolute atomic E-state index is 0.318. The highest BCUT2D eigenvalue weighted by molar-refractivity contribution is 7.12. The van der Waals surface area contributed by atoms with Gasteiger partial charge in [0.1, 0.15) is 6.04 Å². The predicted molar refractivity (Wildman–Crippen MR) is 62.1 cm³/mol. The fourth-order valence-electron chi connectivity index (χ4n) is 1.30. The minimum Gasteiger partial charge on any atom is -0.465 e. The summed E-state index contributed by atoms with van der Waals surface area (Å²) < 4.78 is 4.85. The van der Waals surface area contributed by atoms with E-state index in [4.69, 9.17) is 10.5 Å².